The van der Waals surface area contributed by atoms with E-state index in [1.54, 1.807) is 12.1 Å². The van der Waals surface area contributed by atoms with Crippen LogP contribution in [0.25, 0.3) is 10.4 Å². The zero-order valence-electron chi connectivity index (χ0n) is 19.9. The summed E-state index contributed by atoms with van der Waals surface area (Å²) in [6.07, 6.45) is -1.59. The van der Waals surface area contributed by atoms with Crippen LogP contribution in [-0.2, 0) is 11.5 Å². The average Bonchev–Trinajstić information content (AvgIpc) is 3.24. The lowest BCUT2D eigenvalue weighted by Gasteiger charge is -2.18. The van der Waals surface area contributed by atoms with E-state index < -0.39 is 18.8 Å². The molecule has 1 aromatic carbocycles. The highest BCUT2D eigenvalue weighted by Crippen LogP contribution is 2.35. The number of ether oxygens (including phenoxy) is 1. The van der Waals surface area contributed by atoms with Crippen molar-refractivity contribution in [2.75, 3.05) is 0 Å². The third-order valence-electron chi connectivity index (χ3n) is 5.60. The number of carbonyl (C=O) groups excluding carboxylic acids is 1. The van der Waals surface area contributed by atoms with Gasteiger partial charge in [-0.05, 0) is 61.4 Å². The van der Waals surface area contributed by atoms with Gasteiger partial charge in [0.2, 0.25) is 0 Å². The minimum atomic E-state index is -4.87. The molecular weight excluding hydrogens is 468 g/mol. The van der Waals surface area contributed by atoms with E-state index in [0.717, 1.165) is 30.2 Å². The molecule has 1 aromatic heterocycles. The van der Waals surface area contributed by atoms with Gasteiger partial charge in [-0.1, -0.05) is 34.1 Å². The molecule has 1 heterocycles. The van der Waals surface area contributed by atoms with E-state index in [4.69, 9.17) is 5.73 Å². The van der Waals surface area contributed by atoms with E-state index in [0.29, 0.717) is 45.6 Å². The van der Waals surface area contributed by atoms with Crippen LogP contribution in [0.2, 0.25) is 0 Å². The van der Waals surface area contributed by atoms with Crippen molar-refractivity contribution in [2.24, 2.45) is 28.5 Å². The van der Waals surface area contributed by atoms with Crippen LogP contribution in [0.4, 0.5) is 17.6 Å². The summed E-state index contributed by atoms with van der Waals surface area (Å²) in [7, 11) is 0. The van der Waals surface area contributed by atoms with E-state index in [2.05, 4.69) is 23.6 Å². The number of nitrogens with two attached hydrogens (primary N) is 1. The number of amidine groups is 1. The molecule has 2 unspecified atom stereocenters. The van der Waals surface area contributed by atoms with Crippen molar-refractivity contribution in [3.8, 4) is 16.2 Å². The summed E-state index contributed by atoms with van der Waals surface area (Å²) in [5.41, 5.74) is 6.78. The molecule has 1 amide bonds. The maximum absolute atomic E-state index is 13.1. The molecule has 0 saturated heterocycles. The van der Waals surface area contributed by atoms with Gasteiger partial charge in [-0.3, -0.25) is 4.79 Å². The molecule has 2 aromatic rings. The third kappa shape index (κ3) is 8.42. The lowest BCUT2D eigenvalue weighted by molar-refractivity contribution is -0.274. The van der Waals surface area contributed by atoms with E-state index in [-0.39, 0.29) is 17.7 Å². The van der Waals surface area contributed by atoms with Crippen LogP contribution in [0, 0.1) is 17.8 Å². The van der Waals surface area contributed by atoms with Crippen molar-refractivity contribution in [2.45, 2.75) is 66.4 Å². The Morgan fingerprint density at radius 2 is 1.85 bits per heavy atom. The normalized spacial score (nSPS) is 14.3. The molecule has 2 atom stereocenters. The summed E-state index contributed by atoms with van der Waals surface area (Å²) in [5, 5.41) is 0. The molecule has 0 fully saturated rings. The molecule has 0 aliphatic carbocycles. The minimum absolute atomic E-state index is 0.0916. The van der Waals surface area contributed by atoms with Crippen LogP contribution >= 0.6 is 11.3 Å². The Hall–Kier alpha value is -2.42. The molecule has 188 valence electrons. The van der Waals surface area contributed by atoms with Crippen molar-refractivity contribution in [1.29, 1.82) is 0 Å². The molecular formula is C25H32F4N2O2S. The monoisotopic (exact) mass is 500 g/mol. The predicted molar refractivity (Wildman–Crippen MR) is 129 cm³/mol. The second-order valence-corrected chi connectivity index (χ2v) is 10.1. The Labute approximate surface area is 202 Å². The van der Waals surface area contributed by atoms with Crippen molar-refractivity contribution in [3.05, 3.63) is 40.8 Å². The number of halogens is 4. The van der Waals surface area contributed by atoms with Crippen molar-refractivity contribution >= 4 is 23.1 Å². The predicted octanol–water partition coefficient (Wildman–Crippen LogP) is 7.50. The summed E-state index contributed by atoms with van der Waals surface area (Å²) in [5.74, 6) is -0.379. The van der Waals surface area contributed by atoms with E-state index >= 15 is 0 Å². The third-order valence-corrected chi connectivity index (χ3v) is 6.68. The quantitative estimate of drug-likeness (QED) is 0.197. The Kier molecular flexibility index (Phi) is 10.1. The second kappa shape index (κ2) is 12.3. The molecule has 0 saturated carbocycles. The number of rotatable bonds is 11. The minimum Gasteiger partial charge on any atom is -0.406 e. The molecule has 9 heteroatoms. The van der Waals surface area contributed by atoms with Crippen LogP contribution in [0.3, 0.4) is 0 Å². The first-order valence-electron chi connectivity index (χ1n) is 11.4. The van der Waals surface area contributed by atoms with Gasteiger partial charge in [-0.2, -0.15) is 4.99 Å². The fourth-order valence-corrected chi connectivity index (χ4v) is 4.50. The summed E-state index contributed by atoms with van der Waals surface area (Å²) < 4.78 is 55.4. The smallest absolute Gasteiger partial charge is 0.406 e. The first-order chi connectivity index (χ1) is 15.9. The van der Waals surface area contributed by atoms with E-state index in [1.807, 2.05) is 13.8 Å². The molecule has 0 spiro atoms. The zero-order valence-corrected chi connectivity index (χ0v) is 20.7. The maximum atomic E-state index is 13.1. The highest BCUT2D eigenvalue weighted by atomic mass is 32.1. The van der Waals surface area contributed by atoms with Crippen molar-refractivity contribution in [1.82, 2.24) is 0 Å². The van der Waals surface area contributed by atoms with Gasteiger partial charge in [0.1, 0.15) is 18.3 Å². The number of nitrogens with zero attached hydrogens (tertiary/aromatic N) is 1. The number of hydrogen-bond acceptors (Lipinski definition) is 3. The van der Waals surface area contributed by atoms with Gasteiger partial charge in [-0.25, -0.2) is 4.39 Å². The van der Waals surface area contributed by atoms with Crippen molar-refractivity contribution < 1.29 is 27.1 Å². The first-order valence-corrected chi connectivity index (χ1v) is 12.2. The fraction of sp³-hybridized carbons (Fsp3) is 0.520. The van der Waals surface area contributed by atoms with Gasteiger partial charge in [-0.15, -0.1) is 24.5 Å². The van der Waals surface area contributed by atoms with Gasteiger partial charge >= 0.3 is 6.36 Å². The van der Waals surface area contributed by atoms with Gasteiger partial charge in [0.15, 0.2) is 0 Å². The molecule has 2 rings (SSSR count). The van der Waals surface area contributed by atoms with Crippen molar-refractivity contribution in [3.63, 3.8) is 0 Å². The topological polar surface area (TPSA) is 64.7 Å². The number of benzene rings is 1. The van der Waals surface area contributed by atoms with Crippen LogP contribution < -0.4 is 10.5 Å². The number of hydrogen-bond donors (Lipinski definition) is 1. The van der Waals surface area contributed by atoms with Crippen LogP contribution in [0.5, 0.6) is 5.75 Å². The number of carbonyl (C=O) groups is 1. The Balaban J connectivity index is 2.42. The van der Waals surface area contributed by atoms with Crippen LogP contribution in [0.15, 0.2) is 35.3 Å². The molecule has 2 N–H and O–H groups in total. The number of aliphatic imine (C=N–C) groups is 1. The second-order valence-electron chi connectivity index (χ2n) is 8.91. The number of amides is 1. The molecule has 34 heavy (non-hydrogen) atoms. The largest absolute Gasteiger partial charge is 0.573 e. The fourth-order valence-electron chi connectivity index (χ4n) is 3.61. The summed E-state index contributed by atoms with van der Waals surface area (Å²) >= 11 is 1.08. The molecule has 0 aliphatic heterocycles. The summed E-state index contributed by atoms with van der Waals surface area (Å²) in [4.78, 5) is 18.1. The standard InChI is InChI=1S/C25H32F4N2O2S/c1-5-16(4)6-7-17(12-15(2)3)24(32)31-23(30)20-10-8-18(33-25(27,28)29)13-21(20)22-11-9-19(14-26)34-22/h8-11,13,15-17H,5-7,12,14H2,1-4H3,(H2,30,31,32). The van der Waals surface area contributed by atoms with Crippen LogP contribution in [-0.4, -0.2) is 18.1 Å². The molecule has 0 radical (unpaired) electrons. The van der Waals surface area contributed by atoms with Gasteiger partial charge in [0.25, 0.3) is 5.91 Å². The lowest BCUT2D eigenvalue weighted by Crippen LogP contribution is -2.22. The summed E-state index contributed by atoms with van der Waals surface area (Å²) in [6, 6.07) is 6.79. The Morgan fingerprint density at radius 3 is 2.41 bits per heavy atom. The highest BCUT2D eigenvalue weighted by molar-refractivity contribution is 7.15. The molecule has 0 bridgehead atoms. The lowest BCUT2D eigenvalue weighted by atomic mass is 9.89. The highest BCUT2D eigenvalue weighted by Gasteiger charge is 2.31. The Morgan fingerprint density at radius 1 is 1.15 bits per heavy atom. The SMILES string of the molecule is CCC(C)CCC(CC(C)C)C(=O)N=C(N)c1ccc(OC(F)(F)F)cc1-c1ccc(CF)s1. The maximum Gasteiger partial charge on any atom is 0.573 e. The van der Waals surface area contributed by atoms with Gasteiger partial charge in [0.05, 0.1) is 0 Å². The van der Waals surface area contributed by atoms with E-state index in [9.17, 15) is 22.4 Å². The Bertz CT molecular complexity index is 986. The van der Waals surface area contributed by atoms with Gasteiger partial charge < -0.3 is 10.5 Å². The first kappa shape index (κ1) is 27.8. The number of thiophene rings is 1. The van der Waals surface area contributed by atoms with Crippen LogP contribution in [0.1, 0.15) is 63.8 Å². The average molecular weight is 501 g/mol. The van der Waals surface area contributed by atoms with E-state index in [1.165, 1.54) is 12.1 Å². The molecule has 0 aliphatic rings. The number of alkyl halides is 4. The molecule has 4 nitrogen and oxygen atoms in total. The zero-order chi connectivity index (χ0) is 25.5. The summed E-state index contributed by atoms with van der Waals surface area (Å²) in [6.45, 7) is 7.61. The van der Waals surface area contributed by atoms with Gasteiger partial charge in [0, 0.05) is 26.8 Å².